The maximum atomic E-state index is 12.7. The third kappa shape index (κ3) is 3.91. The molecule has 2 aliphatic rings. The number of nitrogens with one attached hydrogen (secondary N) is 1. The predicted molar refractivity (Wildman–Crippen MR) is 103 cm³/mol. The second-order valence-corrected chi connectivity index (χ2v) is 8.41. The zero-order chi connectivity index (χ0) is 18.8. The van der Waals surface area contributed by atoms with Gasteiger partial charge in [0.2, 0.25) is 5.91 Å². The smallest absolute Gasteiger partial charge is 0.320 e. The first-order chi connectivity index (χ1) is 13.1. The number of nitrogens with zero attached hydrogens (tertiary/aromatic N) is 3. The van der Waals surface area contributed by atoms with Crippen molar-refractivity contribution in [3.8, 4) is 0 Å². The molecule has 27 heavy (non-hydrogen) atoms. The Kier molecular flexibility index (Phi) is 5.27. The van der Waals surface area contributed by atoms with Crippen molar-refractivity contribution in [3.63, 3.8) is 0 Å². The molecule has 1 aliphatic heterocycles. The van der Waals surface area contributed by atoms with E-state index in [1.165, 1.54) is 0 Å². The van der Waals surface area contributed by atoms with Crippen LogP contribution in [0.1, 0.15) is 37.0 Å². The predicted octanol–water partition coefficient (Wildman–Crippen LogP) is 2.65. The highest BCUT2D eigenvalue weighted by Gasteiger charge is 2.45. The van der Waals surface area contributed by atoms with E-state index in [0.717, 1.165) is 30.6 Å². The van der Waals surface area contributed by atoms with Crippen molar-refractivity contribution >= 4 is 29.0 Å². The number of aliphatic carboxylic acids is 1. The van der Waals surface area contributed by atoms with Gasteiger partial charge < -0.3 is 10.4 Å². The van der Waals surface area contributed by atoms with E-state index in [1.54, 1.807) is 28.3 Å². The Morgan fingerprint density at radius 2 is 2.15 bits per heavy atom. The number of rotatable bonds is 6. The van der Waals surface area contributed by atoms with E-state index in [-0.39, 0.29) is 18.5 Å². The summed E-state index contributed by atoms with van der Waals surface area (Å²) < 4.78 is 1.76. The number of hydrogen-bond donors (Lipinski definition) is 2. The molecule has 7 nitrogen and oxygen atoms in total. The third-order valence-electron chi connectivity index (χ3n) is 5.70. The van der Waals surface area contributed by atoms with Gasteiger partial charge in [0.25, 0.3) is 0 Å². The minimum atomic E-state index is -0.820. The normalized spacial score (nSPS) is 25.3. The standard InChI is InChI=1S/C19H24N4O3S/c24-18(21-17-7-8-20-23(17)11-14-5-3-9-27-14)12-22-15-6-2-1-4-13(15)10-16(22)19(25)26/h3,5,7-9,13,15-16H,1-2,4,6,10-12H2,(H,21,24)(H,25,26). The van der Waals surface area contributed by atoms with E-state index in [1.807, 2.05) is 22.4 Å². The number of carbonyl (C=O) groups is 2. The average Bonchev–Trinajstić information content (AvgIpc) is 3.37. The highest BCUT2D eigenvalue weighted by atomic mass is 32.1. The Morgan fingerprint density at radius 3 is 2.93 bits per heavy atom. The molecule has 2 aromatic rings. The molecular weight excluding hydrogens is 364 g/mol. The minimum Gasteiger partial charge on any atom is -0.480 e. The van der Waals surface area contributed by atoms with Crippen LogP contribution in [0.25, 0.3) is 0 Å². The Hall–Kier alpha value is -2.19. The first-order valence-electron chi connectivity index (χ1n) is 9.44. The lowest BCUT2D eigenvalue weighted by atomic mass is 9.85. The number of hydrogen-bond acceptors (Lipinski definition) is 5. The number of carboxylic acid groups (broad SMARTS) is 1. The molecule has 3 heterocycles. The third-order valence-corrected chi connectivity index (χ3v) is 6.56. The van der Waals surface area contributed by atoms with E-state index in [4.69, 9.17) is 0 Å². The van der Waals surface area contributed by atoms with Gasteiger partial charge in [0.1, 0.15) is 11.9 Å². The molecule has 1 aliphatic carbocycles. The number of amides is 1. The maximum absolute atomic E-state index is 12.7. The molecule has 8 heteroatoms. The molecule has 2 aromatic heterocycles. The Morgan fingerprint density at radius 1 is 1.30 bits per heavy atom. The SMILES string of the molecule is O=C(CN1C(C(=O)O)CC2CCCCC21)Nc1ccnn1Cc1cccs1. The van der Waals surface area contributed by atoms with Crippen LogP contribution in [-0.2, 0) is 16.1 Å². The number of carbonyl (C=O) groups excluding carboxylic acids is 1. The summed E-state index contributed by atoms with van der Waals surface area (Å²) in [6.45, 7) is 0.717. The lowest BCUT2D eigenvalue weighted by Gasteiger charge is -2.32. The quantitative estimate of drug-likeness (QED) is 0.794. The van der Waals surface area contributed by atoms with Gasteiger partial charge in [-0.1, -0.05) is 18.9 Å². The summed E-state index contributed by atoms with van der Waals surface area (Å²) in [4.78, 5) is 27.4. The largest absolute Gasteiger partial charge is 0.480 e. The number of likely N-dealkylation sites (tertiary alicyclic amines) is 1. The van der Waals surface area contributed by atoms with Gasteiger partial charge in [0.15, 0.2) is 0 Å². The second-order valence-electron chi connectivity index (χ2n) is 7.38. The van der Waals surface area contributed by atoms with Crippen LogP contribution in [0, 0.1) is 5.92 Å². The van der Waals surface area contributed by atoms with Crippen LogP contribution in [-0.4, -0.2) is 50.3 Å². The molecule has 1 amide bonds. The van der Waals surface area contributed by atoms with E-state index in [0.29, 0.717) is 24.7 Å². The molecule has 2 N–H and O–H groups in total. The molecule has 4 rings (SSSR count). The number of fused-ring (bicyclic) bond motifs is 1. The highest BCUT2D eigenvalue weighted by molar-refractivity contribution is 7.09. The highest BCUT2D eigenvalue weighted by Crippen LogP contribution is 2.39. The number of thiophene rings is 1. The molecule has 0 spiro atoms. The molecule has 3 atom stereocenters. The monoisotopic (exact) mass is 388 g/mol. The summed E-state index contributed by atoms with van der Waals surface area (Å²) in [5.74, 6) is 0.0389. The fourth-order valence-electron chi connectivity index (χ4n) is 4.49. The molecular formula is C19H24N4O3S. The topological polar surface area (TPSA) is 87.5 Å². The summed E-state index contributed by atoms with van der Waals surface area (Å²) in [5, 5.41) is 18.8. The van der Waals surface area contributed by atoms with E-state index < -0.39 is 12.0 Å². The molecule has 0 bridgehead atoms. The van der Waals surface area contributed by atoms with Crippen molar-refractivity contribution in [1.82, 2.24) is 14.7 Å². The van der Waals surface area contributed by atoms with Crippen LogP contribution in [0.15, 0.2) is 29.8 Å². The molecule has 3 unspecified atom stereocenters. The molecule has 2 fully saturated rings. The summed E-state index contributed by atoms with van der Waals surface area (Å²) in [6, 6.07) is 5.44. The molecule has 1 saturated heterocycles. The molecule has 1 saturated carbocycles. The Bertz CT molecular complexity index is 804. The summed E-state index contributed by atoms with van der Waals surface area (Å²) in [5.41, 5.74) is 0. The summed E-state index contributed by atoms with van der Waals surface area (Å²) >= 11 is 1.64. The fourth-order valence-corrected chi connectivity index (χ4v) is 5.17. The molecule has 0 aromatic carbocycles. The number of carboxylic acids is 1. The summed E-state index contributed by atoms with van der Waals surface area (Å²) in [6.07, 6.45) is 6.65. The van der Waals surface area contributed by atoms with Gasteiger partial charge >= 0.3 is 5.97 Å². The van der Waals surface area contributed by atoms with Gasteiger partial charge in [-0.3, -0.25) is 14.5 Å². The lowest BCUT2D eigenvalue weighted by Crippen LogP contribution is -2.46. The van der Waals surface area contributed by atoms with Crippen molar-refractivity contribution in [2.45, 2.75) is 50.7 Å². The van der Waals surface area contributed by atoms with Crippen LogP contribution in [0.3, 0.4) is 0 Å². The van der Waals surface area contributed by atoms with Crippen molar-refractivity contribution in [2.75, 3.05) is 11.9 Å². The van der Waals surface area contributed by atoms with Gasteiger partial charge in [0, 0.05) is 17.0 Å². The van der Waals surface area contributed by atoms with E-state index >= 15 is 0 Å². The lowest BCUT2D eigenvalue weighted by molar-refractivity contribution is -0.143. The van der Waals surface area contributed by atoms with Crippen molar-refractivity contribution in [2.24, 2.45) is 5.92 Å². The Labute approximate surface area is 162 Å². The van der Waals surface area contributed by atoms with Crippen LogP contribution in [0.5, 0.6) is 0 Å². The van der Waals surface area contributed by atoms with Crippen LogP contribution in [0.2, 0.25) is 0 Å². The van der Waals surface area contributed by atoms with Gasteiger partial charge in [-0.25, -0.2) is 4.68 Å². The molecule has 0 radical (unpaired) electrons. The first-order valence-corrected chi connectivity index (χ1v) is 10.3. The van der Waals surface area contributed by atoms with E-state index in [2.05, 4.69) is 10.4 Å². The van der Waals surface area contributed by atoms with Gasteiger partial charge in [-0.15, -0.1) is 11.3 Å². The van der Waals surface area contributed by atoms with Crippen LogP contribution in [0.4, 0.5) is 5.82 Å². The minimum absolute atomic E-state index is 0.113. The Balaban J connectivity index is 1.43. The average molecular weight is 388 g/mol. The zero-order valence-corrected chi connectivity index (χ0v) is 15.9. The fraction of sp³-hybridized carbons (Fsp3) is 0.526. The number of aromatic nitrogens is 2. The second kappa shape index (κ2) is 7.82. The van der Waals surface area contributed by atoms with Crippen molar-refractivity contribution in [1.29, 1.82) is 0 Å². The summed E-state index contributed by atoms with van der Waals surface area (Å²) in [7, 11) is 0. The molecule has 144 valence electrons. The van der Waals surface area contributed by atoms with E-state index in [9.17, 15) is 14.7 Å². The van der Waals surface area contributed by atoms with Crippen LogP contribution >= 0.6 is 11.3 Å². The van der Waals surface area contributed by atoms with Gasteiger partial charge in [-0.2, -0.15) is 5.10 Å². The van der Waals surface area contributed by atoms with Crippen molar-refractivity contribution < 1.29 is 14.7 Å². The van der Waals surface area contributed by atoms with Crippen LogP contribution < -0.4 is 5.32 Å². The maximum Gasteiger partial charge on any atom is 0.320 e. The first kappa shape index (κ1) is 18.2. The zero-order valence-electron chi connectivity index (χ0n) is 15.1. The van der Waals surface area contributed by atoms with Gasteiger partial charge in [-0.05, 0) is 36.6 Å². The van der Waals surface area contributed by atoms with Crippen molar-refractivity contribution in [3.05, 3.63) is 34.7 Å². The number of anilines is 1. The van der Waals surface area contributed by atoms with Gasteiger partial charge in [0.05, 0.1) is 19.3 Å².